The van der Waals surface area contributed by atoms with Crippen LogP contribution in [0.2, 0.25) is 5.02 Å². The molecule has 0 radical (unpaired) electrons. The molecule has 8 heteroatoms. The van der Waals surface area contributed by atoms with E-state index < -0.39 is 0 Å². The smallest absolute Gasteiger partial charge is 0.261 e. The highest BCUT2D eigenvalue weighted by molar-refractivity contribution is 7.99. The summed E-state index contributed by atoms with van der Waals surface area (Å²) in [6.45, 7) is 1.66. The van der Waals surface area contributed by atoms with Crippen LogP contribution in [0.15, 0.2) is 47.6 Å². The number of imide groups is 1. The van der Waals surface area contributed by atoms with Crippen LogP contribution in [0.25, 0.3) is 11.0 Å². The van der Waals surface area contributed by atoms with E-state index in [4.69, 9.17) is 21.3 Å². The molecule has 0 atom stereocenters. The third kappa shape index (κ3) is 3.90. The summed E-state index contributed by atoms with van der Waals surface area (Å²) in [6, 6.07) is 12.6. The number of methoxy groups -OCH3 is 1. The molecule has 2 amide bonds. The number of benzene rings is 2. The minimum Gasteiger partial charge on any atom is -0.383 e. The van der Waals surface area contributed by atoms with Crippen molar-refractivity contribution in [2.45, 2.75) is 18.1 Å². The van der Waals surface area contributed by atoms with Crippen LogP contribution in [-0.2, 0) is 11.3 Å². The third-order valence-corrected chi connectivity index (χ3v) is 6.13. The van der Waals surface area contributed by atoms with E-state index in [9.17, 15) is 9.59 Å². The van der Waals surface area contributed by atoms with Crippen molar-refractivity contribution in [3.05, 3.63) is 58.6 Å². The van der Waals surface area contributed by atoms with Crippen molar-refractivity contribution < 1.29 is 14.3 Å². The molecule has 6 nitrogen and oxygen atoms in total. The van der Waals surface area contributed by atoms with Crippen molar-refractivity contribution >= 4 is 46.2 Å². The average Bonchev–Trinajstić information content (AvgIpc) is 3.18. The standard InChI is InChI=1S/C21H20ClN3O3S/c1-28-11-10-24-18-8-7-14(22)13-17(18)23-21(24)29-12-4-9-25-19(26)15-5-2-3-6-16(15)20(25)27/h2-3,5-8,13H,4,9-12H2,1H3. The molecule has 2 aromatic carbocycles. The molecule has 0 fully saturated rings. The summed E-state index contributed by atoms with van der Waals surface area (Å²) in [5.74, 6) is 0.312. The number of carbonyl (C=O) groups excluding carboxylic acids is 2. The molecular formula is C21H20ClN3O3S. The number of hydrogen-bond donors (Lipinski definition) is 0. The zero-order valence-corrected chi connectivity index (χ0v) is 17.5. The molecule has 0 saturated heterocycles. The van der Waals surface area contributed by atoms with Gasteiger partial charge in [0.25, 0.3) is 11.8 Å². The Bertz CT molecular complexity index is 1050. The van der Waals surface area contributed by atoms with E-state index in [1.165, 1.54) is 4.90 Å². The molecule has 0 unspecified atom stereocenters. The summed E-state index contributed by atoms with van der Waals surface area (Å²) >= 11 is 7.70. The molecule has 3 aromatic rings. The van der Waals surface area contributed by atoms with Gasteiger partial charge in [-0.15, -0.1) is 0 Å². The number of amides is 2. The van der Waals surface area contributed by atoms with Crippen LogP contribution >= 0.6 is 23.4 Å². The summed E-state index contributed by atoms with van der Waals surface area (Å²) in [4.78, 5) is 30.9. The van der Waals surface area contributed by atoms with E-state index in [1.54, 1.807) is 43.1 Å². The molecule has 0 N–H and O–H groups in total. The Morgan fingerprint density at radius 2 is 1.79 bits per heavy atom. The van der Waals surface area contributed by atoms with Crippen LogP contribution in [0.4, 0.5) is 0 Å². The van der Waals surface area contributed by atoms with E-state index in [0.717, 1.165) is 21.9 Å². The third-order valence-electron chi connectivity index (χ3n) is 4.83. The van der Waals surface area contributed by atoms with Gasteiger partial charge in [-0.1, -0.05) is 35.5 Å². The van der Waals surface area contributed by atoms with Crippen molar-refractivity contribution in [1.29, 1.82) is 0 Å². The van der Waals surface area contributed by atoms with Crippen molar-refractivity contribution in [2.24, 2.45) is 0 Å². The fourth-order valence-electron chi connectivity index (χ4n) is 3.42. The van der Waals surface area contributed by atoms with Crippen LogP contribution in [0.5, 0.6) is 0 Å². The number of hydrogen-bond acceptors (Lipinski definition) is 5. The minimum absolute atomic E-state index is 0.211. The maximum Gasteiger partial charge on any atom is 0.261 e. The van der Waals surface area contributed by atoms with Gasteiger partial charge in [0.2, 0.25) is 0 Å². The predicted octanol–water partition coefficient (Wildman–Crippen LogP) is 4.11. The van der Waals surface area contributed by atoms with Gasteiger partial charge in [0.1, 0.15) is 0 Å². The molecule has 0 saturated carbocycles. The minimum atomic E-state index is -0.211. The van der Waals surface area contributed by atoms with Gasteiger partial charge < -0.3 is 9.30 Å². The Morgan fingerprint density at radius 1 is 1.07 bits per heavy atom. The number of thioether (sulfide) groups is 1. The summed E-state index contributed by atoms with van der Waals surface area (Å²) in [7, 11) is 1.67. The summed E-state index contributed by atoms with van der Waals surface area (Å²) < 4.78 is 7.34. The van der Waals surface area contributed by atoms with E-state index in [1.807, 2.05) is 18.2 Å². The van der Waals surface area contributed by atoms with E-state index in [0.29, 0.717) is 42.3 Å². The van der Waals surface area contributed by atoms with Crippen molar-refractivity contribution in [1.82, 2.24) is 14.5 Å². The molecular weight excluding hydrogens is 410 g/mol. The van der Waals surface area contributed by atoms with Gasteiger partial charge in [0, 0.05) is 31.0 Å². The second-order valence-corrected chi connectivity index (χ2v) is 8.18. The van der Waals surface area contributed by atoms with Gasteiger partial charge in [-0.2, -0.15) is 0 Å². The van der Waals surface area contributed by atoms with Gasteiger partial charge in [-0.05, 0) is 36.8 Å². The highest BCUT2D eigenvalue weighted by Gasteiger charge is 2.34. The second kappa shape index (κ2) is 8.57. The quantitative estimate of drug-likeness (QED) is 0.306. The lowest BCUT2D eigenvalue weighted by Gasteiger charge is -2.13. The first-order valence-electron chi connectivity index (χ1n) is 9.33. The lowest BCUT2D eigenvalue weighted by atomic mass is 10.1. The zero-order chi connectivity index (χ0) is 20.4. The fourth-order valence-corrected chi connectivity index (χ4v) is 4.55. The highest BCUT2D eigenvalue weighted by Crippen LogP contribution is 2.27. The highest BCUT2D eigenvalue weighted by atomic mass is 35.5. The molecule has 29 heavy (non-hydrogen) atoms. The van der Waals surface area contributed by atoms with Crippen LogP contribution < -0.4 is 0 Å². The number of nitrogens with zero attached hydrogens (tertiary/aromatic N) is 3. The SMILES string of the molecule is COCCn1c(SCCCN2C(=O)c3ccccc3C2=O)nc2cc(Cl)ccc21. The Kier molecular flexibility index (Phi) is 5.89. The van der Waals surface area contributed by atoms with Gasteiger partial charge >= 0.3 is 0 Å². The van der Waals surface area contributed by atoms with E-state index >= 15 is 0 Å². The Labute approximate surface area is 177 Å². The first kappa shape index (κ1) is 19.9. The van der Waals surface area contributed by atoms with Gasteiger partial charge in [0.05, 0.1) is 28.8 Å². The lowest BCUT2D eigenvalue weighted by molar-refractivity contribution is 0.0655. The van der Waals surface area contributed by atoms with Crippen LogP contribution in [-0.4, -0.2) is 52.3 Å². The largest absolute Gasteiger partial charge is 0.383 e. The van der Waals surface area contributed by atoms with Crippen LogP contribution in [0.1, 0.15) is 27.1 Å². The summed E-state index contributed by atoms with van der Waals surface area (Å²) in [5.41, 5.74) is 2.83. The number of carbonyl (C=O) groups is 2. The zero-order valence-electron chi connectivity index (χ0n) is 15.9. The first-order chi connectivity index (χ1) is 14.1. The van der Waals surface area contributed by atoms with Gasteiger partial charge in [-0.25, -0.2) is 4.98 Å². The second-order valence-electron chi connectivity index (χ2n) is 6.68. The number of rotatable bonds is 8. The number of ether oxygens (including phenoxy) is 1. The molecule has 1 aromatic heterocycles. The maximum absolute atomic E-state index is 12.4. The van der Waals surface area contributed by atoms with Gasteiger partial charge in [0.15, 0.2) is 5.16 Å². The maximum atomic E-state index is 12.4. The molecule has 4 rings (SSSR count). The normalized spacial score (nSPS) is 13.5. The first-order valence-corrected chi connectivity index (χ1v) is 10.7. The van der Waals surface area contributed by atoms with Gasteiger partial charge in [-0.3, -0.25) is 14.5 Å². The molecule has 0 spiro atoms. The summed E-state index contributed by atoms with van der Waals surface area (Å²) in [6.07, 6.45) is 0.685. The molecule has 0 bridgehead atoms. The number of imidazole rings is 1. The Balaban J connectivity index is 1.42. The van der Waals surface area contributed by atoms with Crippen LogP contribution in [0, 0.1) is 0 Å². The number of aromatic nitrogens is 2. The van der Waals surface area contributed by atoms with Crippen LogP contribution in [0.3, 0.4) is 0 Å². The topological polar surface area (TPSA) is 64.4 Å². The van der Waals surface area contributed by atoms with E-state index in [2.05, 4.69) is 4.57 Å². The van der Waals surface area contributed by atoms with Crippen molar-refractivity contribution in [3.63, 3.8) is 0 Å². The average molecular weight is 430 g/mol. The molecule has 1 aliphatic heterocycles. The molecule has 2 heterocycles. The molecule has 0 aliphatic carbocycles. The summed E-state index contributed by atoms with van der Waals surface area (Å²) in [5, 5.41) is 1.53. The molecule has 1 aliphatic rings. The number of fused-ring (bicyclic) bond motifs is 2. The lowest BCUT2D eigenvalue weighted by Crippen LogP contribution is -2.31. The monoisotopic (exact) mass is 429 g/mol. The van der Waals surface area contributed by atoms with Crippen molar-refractivity contribution in [3.8, 4) is 0 Å². The Morgan fingerprint density at radius 3 is 2.48 bits per heavy atom. The molecule has 150 valence electrons. The number of halogens is 1. The van der Waals surface area contributed by atoms with E-state index in [-0.39, 0.29) is 11.8 Å². The van der Waals surface area contributed by atoms with Crippen molar-refractivity contribution in [2.75, 3.05) is 26.0 Å². The predicted molar refractivity (Wildman–Crippen MR) is 114 cm³/mol. The fraction of sp³-hybridized carbons (Fsp3) is 0.286. The Hall–Kier alpha value is -2.35.